The van der Waals surface area contributed by atoms with Crippen LogP contribution in [0, 0.1) is 18.6 Å². The number of aryl methyl sites for hydroxylation is 2. The fraction of sp³-hybridized carbons (Fsp3) is 0.360. The summed E-state index contributed by atoms with van der Waals surface area (Å²) in [7, 11) is -2.40. The number of aromatic amines is 1. The van der Waals surface area contributed by atoms with Crippen LogP contribution in [0.1, 0.15) is 36.4 Å². The zero-order valence-corrected chi connectivity index (χ0v) is 22.3. The number of nitrogens with one attached hydrogen (secondary N) is 2. The molecule has 0 bridgehead atoms. The van der Waals surface area contributed by atoms with Crippen LogP contribution in [0.5, 0.6) is 5.88 Å². The molecule has 2 aliphatic rings. The molecule has 6 rings (SSSR count). The van der Waals surface area contributed by atoms with Crippen LogP contribution in [0.3, 0.4) is 0 Å². The van der Waals surface area contributed by atoms with E-state index in [4.69, 9.17) is 9.72 Å². The second-order valence-electron chi connectivity index (χ2n) is 9.83. The van der Waals surface area contributed by atoms with E-state index in [2.05, 4.69) is 25.6 Å². The first kappa shape index (κ1) is 25.2. The number of ether oxygens (including phenoxy) is 1. The largest absolute Gasteiger partial charge is 0.477 e. The molecule has 0 saturated heterocycles. The van der Waals surface area contributed by atoms with E-state index in [1.807, 2.05) is 13.0 Å². The molecule has 0 radical (unpaired) electrons. The third-order valence-electron chi connectivity index (χ3n) is 6.73. The van der Waals surface area contributed by atoms with Gasteiger partial charge in [-0.2, -0.15) is 15.2 Å². The molecule has 1 fully saturated rings. The van der Waals surface area contributed by atoms with Gasteiger partial charge in [0.15, 0.2) is 27.3 Å². The van der Waals surface area contributed by atoms with Crippen molar-refractivity contribution in [3.63, 3.8) is 0 Å². The minimum Gasteiger partial charge on any atom is -0.477 e. The number of hydrogen-bond acceptors (Lipinski definition) is 9. The molecule has 2 N–H and O–H groups in total. The van der Waals surface area contributed by atoms with Gasteiger partial charge in [0.25, 0.3) is 0 Å². The lowest BCUT2D eigenvalue weighted by Gasteiger charge is -2.23. The quantitative estimate of drug-likeness (QED) is 0.343. The average molecular weight is 557 g/mol. The summed E-state index contributed by atoms with van der Waals surface area (Å²) in [6.07, 6.45) is 5.26. The van der Waals surface area contributed by atoms with E-state index in [-0.39, 0.29) is 11.9 Å². The number of aromatic nitrogens is 6. The lowest BCUT2D eigenvalue weighted by atomic mass is 10.0. The molecule has 204 valence electrons. The van der Waals surface area contributed by atoms with Crippen LogP contribution in [-0.2, 0) is 16.4 Å². The van der Waals surface area contributed by atoms with E-state index in [1.165, 1.54) is 7.05 Å². The summed E-state index contributed by atoms with van der Waals surface area (Å²) >= 11 is 0. The van der Waals surface area contributed by atoms with Crippen molar-refractivity contribution in [1.29, 1.82) is 0 Å². The summed E-state index contributed by atoms with van der Waals surface area (Å²) in [5.74, 6) is -0.410. The topological polar surface area (TPSA) is 131 Å². The molecule has 0 atom stereocenters. The van der Waals surface area contributed by atoms with Crippen LogP contribution >= 0.6 is 0 Å². The number of rotatable bonds is 7. The van der Waals surface area contributed by atoms with Crippen molar-refractivity contribution in [2.75, 3.05) is 30.1 Å². The van der Waals surface area contributed by atoms with Gasteiger partial charge in [-0.25, -0.2) is 26.9 Å². The van der Waals surface area contributed by atoms with Gasteiger partial charge >= 0.3 is 0 Å². The van der Waals surface area contributed by atoms with E-state index in [9.17, 15) is 8.42 Å². The van der Waals surface area contributed by atoms with Crippen molar-refractivity contribution in [2.45, 2.75) is 43.5 Å². The Morgan fingerprint density at radius 2 is 1.92 bits per heavy atom. The Bertz CT molecular complexity index is 1670. The molecule has 14 heteroatoms. The van der Waals surface area contributed by atoms with Crippen LogP contribution < -0.4 is 15.0 Å². The summed E-state index contributed by atoms with van der Waals surface area (Å²) in [5, 5.41) is 14.9. The van der Waals surface area contributed by atoms with Crippen molar-refractivity contribution in [3.8, 4) is 17.1 Å². The SMILES string of the molecule is Cc1cc(Nc2nc(N(C)c3c(F)cc(S(C)(=O)=O)cc3F)nc(-c3cnn4c3OCCC4)c2C2CC2)n[nH]1. The summed E-state index contributed by atoms with van der Waals surface area (Å²) in [4.78, 5) is 10.2. The maximum absolute atomic E-state index is 15.2. The summed E-state index contributed by atoms with van der Waals surface area (Å²) in [5.41, 5.74) is 2.39. The number of anilines is 4. The van der Waals surface area contributed by atoms with E-state index < -0.39 is 32.1 Å². The normalized spacial score (nSPS) is 15.1. The van der Waals surface area contributed by atoms with E-state index >= 15 is 8.78 Å². The minimum atomic E-state index is -3.82. The van der Waals surface area contributed by atoms with Gasteiger partial charge in [0.2, 0.25) is 11.8 Å². The number of nitrogens with zero attached hydrogens (tertiary/aromatic N) is 6. The predicted octanol–water partition coefficient (Wildman–Crippen LogP) is 4.22. The molecule has 4 heterocycles. The highest BCUT2D eigenvalue weighted by Gasteiger charge is 2.35. The average Bonchev–Trinajstić information content (AvgIpc) is 3.50. The molecule has 0 unspecified atom stereocenters. The van der Waals surface area contributed by atoms with Gasteiger partial charge in [0.1, 0.15) is 11.5 Å². The third kappa shape index (κ3) is 4.68. The number of halogens is 2. The van der Waals surface area contributed by atoms with Crippen LogP contribution in [0.25, 0.3) is 11.3 Å². The molecule has 1 aromatic carbocycles. The number of sulfone groups is 1. The first-order chi connectivity index (χ1) is 18.6. The highest BCUT2D eigenvalue weighted by molar-refractivity contribution is 7.90. The Labute approximate surface area is 223 Å². The van der Waals surface area contributed by atoms with Gasteiger partial charge < -0.3 is 15.0 Å². The second-order valence-corrected chi connectivity index (χ2v) is 11.8. The van der Waals surface area contributed by atoms with Crippen LogP contribution in [-0.4, -0.2) is 58.3 Å². The monoisotopic (exact) mass is 556 g/mol. The van der Waals surface area contributed by atoms with Crippen molar-refractivity contribution >= 4 is 33.1 Å². The van der Waals surface area contributed by atoms with Gasteiger partial charge in [0.05, 0.1) is 29.0 Å². The smallest absolute Gasteiger partial charge is 0.232 e. The molecular weight excluding hydrogens is 530 g/mol. The van der Waals surface area contributed by atoms with E-state index in [0.29, 0.717) is 41.9 Å². The number of hydrogen-bond donors (Lipinski definition) is 2. The van der Waals surface area contributed by atoms with Crippen molar-refractivity contribution in [2.24, 2.45) is 0 Å². The van der Waals surface area contributed by atoms with Gasteiger partial charge in [0, 0.05) is 43.6 Å². The summed E-state index contributed by atoms with van der Waals surface area (Å²) < 4.78 is 61.9. The minimum absolute atomic E-state index is 0.00942. The third-order valence-corrected chi connectivity index (χ3v) is 7.82. The van der Waals surface area contributed by atoms with Crippen molar-refractivity contribution < 1.29 is 21.9 Å². The van der Waals surface area contributed by atoms with Crippen molar-refractivity contribution in [1.82, 2.24) is 29.9 Å². The lowest BCUT2D eigenvalue weighted by molar-refractivity contribution is 0.231. The molecular formula is C25H26F2N8O3S. The highest BCUT2D eigenvalue weighted by Crippen LogP contribution is 2.49. The maximum atomic E-state index is 15.2. The number of fused-ring (bicyclic) bond motifs is 1. The molecule has 0 amide bonds. The molecule has 3 aromatic heterocycles. The van der Waals surface area contributed by atoms with Gasteiger partial charge in [-0.05, 0) is 37.8 Å². The lowest BCUT2D eigenvalue weighted by Crippen LogP contribution is -2.19. The molecule has 11 nitrogen and oxygen atoms in total. The standard InChI is InChI=1S/C25H26F2N8O3S/c1-13-9-19(33-32-13)29-23-20(14-5-6-14)21(16-12-28-35-7-4-8-38-24(16)35)30-25(31-23)34(2)22-17(26)10-15(11-18(22)27)39(3,36)37/h9-12,14H,4-8H2,1-3H3,(H2,29,30,31,32,33). The Morgan fingerprint density at radius 3 is 2.56 bits per heavy atom. The molecule has 4 aromatic rings. The van der Waals surface area contributed by atoms with Crippen LogP contribution in [0.15, 0.2) is 29.3 Å². The molecule has 1 saturated carbocycles. The van der Waals surface area contributed by atoms with Gasteiger partial charge in [-0.15, -0.1) is 0 Å². The fourth-order valence-corrected chi connectivity index (χ4v) is 5.31. The van der Waals surface area contributed by atoms with Crippen molar-refractivity contribution in [3.05, 3.63) is 47.3 Å². The molecule has 39 heavy (non-hydrogen) atoms. The first-order valence-electron chi connectivity index (χ1n) is 12.4. The first-order valence-corrected chi connectivity index (χ1v) is 14.3. The summed E-state index contributed by atoms with van der Waals surface area (Å²) in [6.45, 7) is 3.11. The summed E-state index contributed by atoms with van der Waals surface area (Å²) in [6, 6.07) is 3.39. The highest BCUT2D eigenvalue weighted by atomic mass is 32.2. The Kier molecular flexibility index (Phi) is 6.01. The molecule has 1 aliphatic carbocycles. The zero-order chi connectivity index (χ0) is 27.5. The Balaban J connectivity index is 1.54. The second kappa shape index (κ2) is 9.29. The van der Waals surface area contributed by atoms with E-state index in [1.54, 1.807) is 10.9 Å². The Morgan fingerprint density at radius 1 is 1.18 bits per heavy atom. The predicted molar refractivity (Wildman–Crippen MR) is 139 cm³/mol. The maximum Gasteiger partial charge on any atom is 0.232 e. The Hall–Kier alpha value is -4.07. The van der Waals surface area contributed by atoms with Crippen LogP contribution in [0.2, 0.25) is 0 Å². The van der Waals surface area contributed by atoms with Gasteiger partial charge in [-0.1, -0.05) is 0 Å². The van der Waals surface area contributed by atoms with E-state index in [0.717, 1.165) is 53.8 Å². The number of benzene rings is 1. The number of H-pyrrole nitrogens is 1. The molecule has 1 aliphatic heterocycles. The zero-order valence-electron chi connectivity index (χ0n) is 21.5. The van der Waals surface area contributed by atoms with Gasteiger partial charge in [-0.3, -0.25) is 5.10 Å². The van der Waals surface area contributed by atoms with Crippen LogP contribution in [0.4, 0.5) is 32.1 Å². The molecule has 0 spiro atoms. The fourth-order valence-electron chi connectivity index (χ4n) is 4.68.